The van der Waals surface area contributed by atoms with E-state index in [1.54, 1.807) is 13.8 Å². The van der Waals surface area contributed by atoms with Crippen molar-refractivity contribution in [3.63, 3.8) is 0 Å². The van der Waals surface area contributed by atoms with Gasteiger partial charge in [0, 0.05) is 5.33 Å². The number of hydrogen-bond acceptors (Lipinski definition) is 1. The minimum atomic E-state index is -0.714. The molecule has 3 heteroatoms. The van der Waals surface area contributed by atoms with Gasteiger partial charge in [0.05, 0.1) is 0 Å². The van der Waals surface area contributed by atoms with Gasteiger partial charge in [-0.05, 0) is 6.42 Å². The molecule has 0 aromatic rings. The second-order valence-electron chi connectivity index (χ2n) is 3.61. The third-order valence-corrected chi connectivity index (χ3v) is 2.22. The molecule has 1 nitrogen and oxygen atoms in total. The fourth-order valence-electron chi connectivity index (χ4n) is 0.999. The molecular formula is C11H24BrKO. The predicted molar refractivity (Wildman–Crippen MR) is 62.3 cm³/mol. The molecule has 82 valence electrons. The number of alkyl halides is 1. The van der Waals surface area contributed by atoms with E-state index in [1.807, 2.05) is 13.8 Å². The molecule has 0 bridgehead atoms. The van der Waals surface area contributed by atoms with E-state index in [9.17, 15) is 5.11 Å². The fraction of sp³-hybridized carbons (Fsp3) is 1.00. The van der Waals surface area contributed by atoms with Crippen molar-refractivity contribution in [1.82, 2.24) is 0 Å². The molecule has 0 aliphatic heterocycles. The van der Waals surface area contributed by atoms with Crippen molar-refractivity contribution in [1.29, 1.82) is 0 Å². The van der Waals surface area contributed by atoms with Crippen molar-refractivity contribution in [3.8, 4) is 0 Å². The van der Waals surface area contributed by atoms with Gasteiger partial charge in [-0.15, -0.1) is 5.60 Å². The van der Waals surface area contributed by atoms with Crippen LogP contribution in [0.3, 0.4) is 0 Å². The average molecular weight is 291 g/mol. The van der Waals surface area contributed by atoms with Gasteiger partial charge in [0.25, 0.3) is 0 Å². The first-order valence-corrected chi connectivity index (χ1v) is 6.45. The molecule has 0 rings (SSSR count). The molecule has 14 heavy (non-hydrogen) atoms. The molecular weight excluding hydrogens is 267 g/mol. The van der Waals surface area contributed by atoms with Crippen LogP contribution in [0, 0.1) is 0 Å². The minimum Gasteiger partial charge on any atom is -0.850 e. The quantitative estimate of drug-likeness (QED) is 0.397. The van der Waals surface area contributed by atoms with Gasteiger partial charge >= 0.3 is 51.4 Å². The maximum absolute atomic E-state index is 11.1. The Kier molecular flexibility index (Phi) is 23.0. The van der Waals surface area contributed by atoms with Crippen LogP contribution in [0.1, 0.15) is 59.8 Å². The average Bonchev–Trinajstić information content (AvgIpc) is 2.06. The summed E-state index contributed by atoms with van der Waals surface area (Å²) < 4.78 is 0. The van der Waals surface area contributed by atoms with Crippen LogP contribution in [-0.2, 0) is 0 Å². The Bertz CT molecular complexity index is 91.8. The van der Waals surface area contributed by atoms with Gasteiger partial charge in [-0.3, -0.25) is 0 Å². The maximum atomic E-state index is 11.1. The van der Waals surface area contributed by atoms with Crippen LogP contribution in [0.5, 0.6) is 0 Å². The summed E-state index contributed by atoms with van der Waals surface area (Å²) in [6.07, 6.45) is 5.59. The molecule has 0 aromatic heterocycles. The van der Waals surface area contributed by atoms with E-state index >= 15 is 0 Å². The third kappa shape index (κ3) is 23.7. The predicted octanol–water partition coefficient (Wildman–Crippen LogP) is 0.501. The Labute approximate surface area is 141 Å². The topological polar surface area (TPSA) is 23.1 Å². The Morgan fingerprint density at radius 3 is 1.79 bits per heavy atom. The van der Waals surface area contributed by atoms with Gasteiger partial charge in [0.15, 0.2) is 0 Å². The van der Waals surface area contributed by atoms with E-state index in [0.29, 0.717) is 0 Å². The summed E-state index contributed by atoms with van der Waals surface area (Å²) in [4.78, 5) is 0. The van der Waals surface area contributed by atoms with E-state index in [0.717, 1.165) is 18.2 Å². The molecule has 0 spiro atoms. The van der Waals surface area contributed by atoms with Gasteiger partial charge in [-0.25, -0.2) is 0 Å². The smallest absolute Gasteiger partial charge is 0.850 e. The summed E-state index contributed by atoms with van der Waals surface area (Å²) in [7, 11) is 0. The normalized spacial score (nSPS) is 9.86. The summed E-state index contributed by atoms with van der Waals surface area (Å²) in [6, 6.07) is 0. The molecule has 0 aromatic carbocycles. The van der Waals surface area contributed by atoms with E-state index in [2.05, 4.69) is 15.9 Å². The van der Waals surface area contributed by atoms with E-state index < -0.39 is 5.60 Å². The summed E-state index contributed by atoms with van der Waals surface area (Å²) in [5, 5.41) is 12.2. The van der Waals surface area contributed by atoms with Crippen molar-refractivity contribution >= 4 is 15.9 Å². The van der Waals surface area contributed by atoms with Gasteiger partial charge in [-0.1, -0.05) is 69.3 Å². The summed E-state index contributed by atoms with van der Waals surface area (Å²) in [6.45, 7) is 7.52. The SMILES string of the molecule is CC.CC(C)([O-])CCCCCCBr.[K+]. The van der Waals surface area contributed by atoms with Crippen molar-refractivity contribution < 1.29 is 56.5 Å². The number of halogens is 1. The molecule has 0 atom stereocenters. The Morgan fingerprint density at radius 2 is 1.43 bits per heavy atom. The van der Waals surface area contributed by atoms with E-state index in [1.165, 1.54) is 19.3 Å². The van der Waals surface area contributed by atoms with Crippen molar-refractivity contribution in [2.75, 3.05) is 5.33 Å². The van der Waals surface area contributed by atoms with Gasteiger partial charge in [-0.2, -0.15) is 0 Å². The van der Waals surface area contributed by atoms with Gasteiger partial charge in [0.2, 0.25) is 0 Å². The zero-order chi connectivity index (χ0) is 10.7. The zero-order valence-electron chi connectivity index (χ0n) is 10.5. The van der Waals surface area contributed by atoms with Crippen molar-refractivity contribution in [3.05, 3.63) is 0 Å². The molecule has 0 amide bonds. The Balaban J connectivity index is -0.000000376. The molecule has 0 unspecified atom stereocenters. The monoisotopic (exact) mass is 290 g/mol. The first-order chi connectivity index (χ1) is 6.06. The molecule has 0 radical (unpaired) electrons. The van der Waals surface area contributed by atoms with E-state index in [-0.39, 0.29) is 51.4 Å². The zero-order valence-corrected chi connectivity index (χ0v) is 15.2. The first-order valence-electron chi connectivity index (χ1n) is 5.32. The van der Waals surface area contributed by atoms with Crippen LogP contribution in [0.25, 0.3) is 0 Å². The number of hydrogen-bond donors (Lipinski definition) is 0. The standard InChI is InChI=1S/C9H18BrO.C2H6.K/c1-9(2,11)7-5-3-4-6-8-10;1-2;/h3-8H2,1-2H3;1-2H3;/q-1;;+1. The van der Waals surface area contributed by atoms with Crippen molar-refractivity contribution in [2.45, 2.75) is 65.4 Å². The van der Waals surface area contributed by atoms with Crippen LogP contribution in [-0.4, -0.2) is 10.9 Å². The number of unbranched alkanes of at least 4 members (excludes halogenated alkanes) is 3. The Hall–Kier alpha value is 2.08. The summed E-state index contributed by atoms with van der Waals surface area (Å²) >= 11 is 3.38. The van der Waals surface area contributed by atoms with Crippen LogP contribution in [0.15, 0.2) is 0 Å². The fourth-order valence-corrected chi connectivity index (χ4v) is 1.40. The second-order valence-corrected chi connectivity index (χ2v) is 4.41. The molecule has 0 saturated heterocycles. The largest absolute Gasteiger partial charge is 1.00 e. The third-order valence-electron chi connectivity index (χ3n) is 1.66. The molecule has 0 heterocycles. The van der Waals surface area contributed by atoms with Crippen LogP contribution in [0.4, 0.5) is 0 Å². The maximum Gasteiger partial charge on any atom is 1.00 e. The number of rotatable bonds is 6. The van der Waals surface area contributed by atoms with Gasteiger partial charge in [0.1, 0.15) is 0 Å². The van der Waals surface area contributed by atoms with Gasteiger partial charge < -0.3 is 5.11 Å². The Morgan fingerprint density at radius 1 is 1.00 bits per heavy atom. The van der Waals surface area contributed by atoms with E-state index in [4.69, 9.17) is 0 Å². The van der Waals surface area contributed by atoms with Crippen LogP contribution in [0.2, 0.25) is 0 Å². The second kappa shape index (κ2) is 15.1. The molecule has 0 aliphatic rings. The molecule has 0 aliphatic carbocycles. The molecule has 0 fully saturated rings. The first kappa shape index (κ1) is 21.4. The molecule has 0 N–H and O–H groups in total. The van der Waals surface area contributed by atoms with Crippen molar-refractivity contribution in [2.24, 2.45) is 0 Å². The van der Waals surface area contributed by atoms with Crippen LogP contribution >= 0.6 is 15.9 Å². The summed E-state index contributed by atoms with van der Waals surface area (Å²) in [5.41, 5.74) is -0.714. The minimum absolute atomic E-state index is 0. The molecule has 0 saturated carbocycles. The summed E-state index contributed by atoms with van der Waals surface area (Å²) in [5.74, 6) is 0. The van der Waals surface area contributed by atoms with Crippen LogP contribution < -0.4 is 56.5 Å².